The van der Waals surface area contributed by atoms with Crippen molar-refractivity contribution in [2.75, 3.05) is 0 Å². The molecule has 0 atom stereocenters. The minimum Gasteiger partial charge on any atom is -0.742 e. The molecule has 4 rings (SSSR count). The van der Waals surface area contributed by atoms with Crippen LogP contribution in [0, 0.1) is 13.8 Å². The molecule has 0 fully saturated rings. The van der Waals surface area contributed by atoms with Crippen LogP contribution in [-0.2, 0) is 44.7 Å². The summed E-state index contributed by atoms with van der Waals surface area (Å²) in [5.74, 6) is 0. The standard InChI is InChI=1S/2C8H8N2S.Zn/c2*1-5-3-2-4-6-7(5)10-8(11)9-6;/h2*2-4H,1H3,(H2,9,10,11);/q;;+2/p-2. The van der Waals surface area contributed by atoms with Crippen molar-refractivity contribution < 1.29 is 19.5 Å². The maximum atomic E-state index is 4.91. The Labute approximate surface area is 158 Å². The number of aromatic nitrogens is 4. The van der Waals surface area contributed by atoms with E-state index in [0.717, 1.165) is 33.2 Å². The second-order valence-electron chi connectivity index (χ2n) is 5.03. The van der Waals surface area contributed by atoms with Crippen LogP contribution in [0.1, 0.15) is 11.1 Å². The van der Waals surface area contributed by atoms with E-state index in [1.807, 2.05) is 50.2 Å². The first kappa shape index (κ1) is 17.8. The van der Waals surface area contributed by atoms with Gasteiger partial charge in [-0.3, -0.25) is 9.97 Å². The fourth-order valence-electron chi connectivity index (χ4n) is 2.31. The fraction of sp³-hybridized carbons (Fsp3) is 0.125. The molecule has 0 unspecified atom stereocenters. The molecule has 4 aromatic rings. The van der Waals surface area contributed by atoms with Crippen LogP contribution in [0.5, 0.6) is 0 Å². The molecule has 0 saturated heterocycles. The van der Waals surface area contributed by atoms with Crippen molar-refractivity contribution in [3.05, 3.63) is 47.5 Å². The summed E-state index contributed by atoms with van der Waals surface area (Å²) in [5, 5.41) is 1.13. The van der Waals surface area contributed by atoms with Crippen molar-refractivity contribution in [3.63, 3.8) is 0 Å². The van der Waals surface area contributed by atoms with Crippen LogP contribution in [0.2, 0.25) is 0 Å². The summed E-state index contributed by atoms with van der Waals surface area (Å²) in [6.45, 7) is 4.05. The van der Waals surface area contributed by atoms with Crippen LogP contribution in [0.4, 0.5) is 0 Å². The number of imidazole rings is 2. The Balaban J connectivity index is 0.000000160. The third-order valence-corrected chi connectivity index (χ3v) is 3.77. The van der Waals surface area contributed by atoms with Crippen molar-refractivity contribution in [2.24, 2.45) is 0 Å². The van der Waals surface area contributed by atoms with Gasteiger partial charge in [-0.15, -0.1) is 0 Å². The second kappa shape index (κ2) is 7.34. The maximum absolute atomic E-state index is 4.91. The molecule has 0 aliphatic heterocycles. The molecule has 2 aromatic heterocycles. The first-order chi connectivity index (χ1) is 10.5. The number of benzene rings is 2. The first-order valence-corrected chi connectivity index (χ1v) is 7.61. The topological polar surface area (TPSA) is 57.4 Å². The van der Waals surface area contributed by atoms with Gasteiger partial charge in [0.05, 0.1) is 22.1 Å². The molecule has 0 amide bonds. The van der Waals surface area contributed by atoms with Gasteiger partial charge in [-0.25, -0.2) is 0 Å². The largest absolute Gasteiger partial charge is 2.00 e. The summed E-state index contributed by atoms with van der Waals surface area (Å²) in [7, 11) is 0. The number of H-pyrrole nitrogens is 2. The minimum absolute atomic E-state index is 0. The maximum Gasteiger partial charge on any atom is 2.00 e. The number of nitrogens with one attached hydrogen (secondary N) is 2. The van der Waals surface area contributed by atoms with E-state index in [4.69, 9.17) is 25.3 Å². The predicted molar refractivity (Wildman–Crippen MR) is 92.9 cm³/mol. The van der Waals surface area contributed by atoms with E-state index in [2.05, 4.69) is 19.9 Å². The van der Waals surface area contributed by atoms with E-state index in [1.165, 1.54) is 0 Å². The average Bonchev–Trinajstić information content (AvgIpc) is 3.03. The number of para-hydroxylation sites is 2. The van der Waals surface area contributed by atoms with E-state index in [-0.39, 0.29) is 19.5 Å². The Morgan fingerprint density at radius 2 is 1.13 bits per heavy atom. The van der Waals surface area contributed by atoms with Gasteiger partial charge in [0.25, 0.3) is 0 Å². The van der Waals surface area contributed by atoms with Crippen molar-refractivity contribution in [3.8, 4) is 0 Å². The number of nitrogens with zero attached hydrogens (tertiary/aromatic N) is 2. The molecule has 23 heavy (non-hydrogen) atoms. The number of hydrogen-bond acceptors (Lipinski definition) is 4. The molecular formula is C16H14N4S2Zn. The molecular weight excluding hydrogens is 378 g/mol. The zero-order valence-electron chi connectivity index (χ0n) is 12.9. The monoisotopic (exact) mass is 390 g/mol. The van der Waals surface area contributed by atoms with E-state index in [9.17, 15) is 0 Å². The molecule has 0 spiro atoms. The molecule has 0 bridgehead atoms. The van der Waals surface area contributed by atoms with E-state index in [1.54, 1.807) is 0 Å². The summed E-state index contributed by atoms with van der Waals surface area (Å²) in [4.78, 5) is 14.3. The van der Waals surface area contributed by atoms with Crippen molar-refractivity contribution in [1.82, 2.24) is 19.9 Å². The molecule has 0 saturated carbocycles. The van der Waals surface area contributed by atoms with Gasteiger partial charge in [0.1, 0.15) is 0 Å². The molecule has 2 N–H and O–H groups in total. The second-order valence-corrected chi connectivity index (χ2v) is 5.80. The molecule has 0 aliphatic rings. The molecule has 0 aliphatic carbocycles. The zero-order chi connectivity index (χ0) is 15.7. The van der Waals surface area contributed by atoms with Gasteiger partial charge in [0.2, 0.25) is 0 Å². The third kappa shape index (κ3) is 3.86. The number of hydrogen-bond donors (Lipinski definition) is 2. The van der Waals surface area contributed by atoms with E-state index in [0.29, 0.717) is 10.3 Å². The van der Waals surface area contributed by atoms with Crippen LogP contribution in [0.25, 0.3) is 22.1 Å². The number of aryl methyl sites for hydroxylation is 2. The Morgan fingerprint density at radius 1 is 0.739 bits per heavy atom. The van der Waals surface area contributed by atoms with Crippen LogP contribution < -0.4 is 0 Å². The smallest absolute Gasteiger partial charge is 0.742 e. The first-order valence-electron chi connectivity index (χ1n) is 6.79. The SMILES string of the molecule is Cc1cccc2[nH]c([S-])nc12.Cc1cccc2[nH]c([S-])nc12.[Zn+2]. The van der Waals surface area contributed by atoms with Gasteiger partial charge in [-0.1, -0.05) is 24.3 Å². The number of aromatic amines is 2. The molecule has 2 heterocycles. The molecule has 2 aromatic carbocycles. The Bertz CT molecular complexity index is 868. The van der Waals surface area contributed by atoms with Crippen LogP contribution >= 0.6 is 0 Å². The van der Waals surface area contributed by atoms with E-state index >= 15 is 0 Å². The quantitative estimate of drug-likeness (QED) is 0.355. The molecule has 4 nitrogen and oxygen atoms in total. The molecule has 0 radical (unpaired) electrons. The summed E-state index contributed by atoms with van der Waals surface area (Å²) in [6, 6.07) is 12.0. The van der Waals surface area contributed by atoms with E-state index < -0.39 is 0 Å². The van der Waals surface area contributed by atoms with Crippen LogP contribution in [-0.4, -0.2) is 19.9 Å². The Morgan fingerprint density at radius 3 is 1.48 bits per heavy atom. The molecule has 112 valence electrons. The van der Waals surface area contributed by atoms with Gasteiger partial charge in [0, 0.05) is 0 Å². The Hall–Kier alpha value is -1.56. The minimum atomic E-state index is 0. The normalized spacial score (nSPS) is 10.2. The fourth-order valence-corrected chi connectivity index (χ4v) is 2.71. The molecule has 7 heteroatoms. The Kier molecular flexibility index (Phi) is 5.68. The zero-order valence-corrected chi connectivity index (χ0v) is 17.5. The summed E-state index contributed by atoms with van der Waals surface area (Å²) in [5.41, 5.74) is 6.34. The van der Waals surface area contributed by atoms with Gasteiger partial charge >= 0.3 is 19.5 Å². The number of fused-ring (bicyclic) bond motifs is 2. The summed E-state index contributed by atoms with van der Waals surface area (Å²) < 4.78 is 0. The number of rotatable bonds is 0. The summed E-state index contributed by atoms with van der Waals surface area (Å²) in [6.07, 6.45) is 0. The third-order valence-electron chi connectivity index (χ3n) is 3.39. The van der Waals surface area contributed by atoms with Crippen LogP contribution in [0.15, 0.2) is 46.7 Å². The van der Waals surface area contributed by atoms with Crippen molar-refractivity contribution in [2.45, 2.75) is 24.2 Å². The van der Waals surface area contributed by atoms with Crippen molar-refractivity contribution >= 4 is 47.3 Å². The van der Waals surface area contributed by atoms with Gasteiger partial charge in [-0.05, 0) is 47.4 Å². The predicted octanol–water partition coefficient (Wildman–Crippen LogP) is 3.55. The van der Waals surface area contributed by atoms with Gasteiger partial charge in [-0.2, -0.15) is 0 Å². The van der Waals surface area contributed by atoms with Crippen molar-refractivity contribution in [1.29, 1.82) is 0 Å². The van der Waals surface area contributed by atoms with Gasteiger partial charge in [0.15, 0.2) is 0 Å². The van der Waals surface area contributed by atoms with Crippen LogP contribution in [0.3, 0.4) is 0 Å². The average molecular weight is 392 g/mol. The summed E-state index contributed by atoms with van der Waals surface area (Å²) >= 11 is 9.81. The van der Waals surface area contributed by atoms with Gasteiger partial charge < -0.3 is 35.2 Å².